The fraction of sp³-hybridized carbons (Fsp3) is 0.500. The summed E-state index contributed by atoms with van der Waals surface area (Å²) in [5.41, 5.74) is 4.73. The highest BCUT2D eigenvalue weighted by Gasteiger charge is 2.29. The van der Waals surface area contributed by atoms with Gasteiger partial charge in [-0.25, -0.2) is 9.78 Å². The molecule has 7 nitrogen and oxygen atoms in total. The van der Waals surface area contributed by atoms with Crippen molar-refractivity contribution in [3.63, 3.8) is 0 Å². The van der Waals surface area contributed by atoms with Crippen LogP contribution >= 0.6 is 11.3 Å². The van der Waals surface area contributed by atoms with Crippen molar-refractivity contribution in [3.05, 3.63) is 39.6 Å². The van der Waals surface area contributed by atoms with Crippen LogP contribution in [0.3, 0.4) is 0 Å². The van der Waals surface area contributed by atoms with Crippen LogP contribution < -0.4 is 4.90 Å². The third kappa shape index (κ3) is 3.70. The Balaban J connectivity index is 1.29. The van der Waals surface area contributed by atoms with Gasteiger partial charge in [-0.05, 0) is 23.6 Å². The van der Waals surface area contributed by atoms with Crippen LogP contribution in [0.5, 0.6) is 0 Å². The lowest BCUT2D eigenvalue weighted by atomic mass is 10.1. The Morgan fingerprint density at radius 1 is 1.23 bits per heavy atom. The lowest BCUT2D eigenvalue weighted by Gasteiger charge is -2.37. The molecule has 2 aromatic rings. The highest BCUT2D eigenvalue weighted by molar-refractivity contribution is 7.12. The van der Waals surface area contributed by atoms with Crippen LogP contribution in [0.25, 0.3) is 11.6 Å². The number of aromatic nitrogens is 2. The van der Waals surface area contributed by atoms with Crippen molar-refractivity contribution in [3.8, 4) is 0 Å². The second-order valence-corrected chi connectivity index (χ2v) is 9.34. The minimum Gasteiger partial charge on any atom is -0.441 e. The highest BCUT2D eigenvalue weighted by atomic mass is 32.1. The van der Waals surface area contributed by atoms with Gasteiger partial charge in [0.2, 0.25) is 0 Å². The number of amides is 1. The largest absolute Gasteiger partial charge is 0.441 e. The van der Waals surface area contributed by atoms with Crippen molar-refractivity contribution in [2.75, 3.05) is 44.3 Å². The van der Waals surface area contributed by atoms with Gasteiger partial charge < -0.3 is 19.3 Å². The van der Waals surface area contributed by atoms with Crippen molar-refractivity contribution in [2.45, 2.75) is 32.3 Å². The van der Waals surface area contributed by atoms with Gasteiger partial charge in [0.1, 0.15) is 5.01 Å². The summed E-state index contributed by atoms with van der Waals surface area (Å²) in [5, 5.41) is 1.09. The van der Waals surface area contributed by atoms with Crippen LogP contribution in [0.15, 0.2) is 18.5 Å². The number of nitrogens with zero attached hydrogens (tertiary/aromatic N) is 4. The Morgan fingerprint density at radius 2 is 2.03 bits per heavy atom. The summed E-state index contributed by atoms with van der Waals surface area (Å²) < 4.78 is 10.5. The Bertz CT molecular complexity index is 975. The zero-order valence-corrected chi connectivity index (χ0v) is 18.2. The first-order valence-corrected chi connectivity index (χ1v) is 11.3. The van der Waals surface area contributed by atoms with Gasteiger partial charge in [0.15, 0.2) is 6.10 Å². The summed E-state index contributed by atoms with van der Waals surface area (Å²) in [7, 11) is 0. The van der Waals surface area contributed by atoms with Gasteiger partial charge in [-0.3, -0.25) is 4.98 Å². The molecule has 0 unspecified atom stereocenters. The minimum absolute atomic E-state index is 0.0790. The van der Waals surface area contributed by atoms with E-state index in [2.05, 4.69) is 40.9 Å². The van der Waals surface area contributed by atoms with Crippen molar-refractivity contribution in [1.29, 1.82) is 0 Å². The van der Waals surface area contributed by atoms with Crippen LogP contribution in [-0.4, -0.2) is 66.5 Å². The molecule has 8 heteroatoms. The molecule has 0 saturated carbocycles. The average molecular weight is 427 g/mol. The molecule has 0 spiro atoms. The molecule has 4 heterocycles. The van der Waals surface area contributed by atoms with Crippen LogP contribution in [0, 0.1) is 0 Å². The van der Waals surface area contributed by atoms with Gasteiger partial charge in [-0.1, -0.05) is 13.8 Å². The fourth-order valence-corrected chi connectivity index (χ4v) is 4.88. The number of anilines is 1. The van der Waals surface area contributed by atoms with Crippen molar-refractivity contribution < 1.29 is 14.3 Å². The molecule has 2 fully saturated rings. The molecule has 0 radical (unpaired) electrons. The summed E-state index contributed by atoms with van der Waals surface area (Å²) in [5.74, 6) is 0.495. The maximum Gasteiger partial charge on any atom is 0.410 e. The summed E-state index contributed by atoms with van der Waals surface area (Å²) in [6, 6.07) is 2.08. The van der Waals surface area contributed by atoms with Crippen LogP contribution in [-0.2, 0) is 15.9 Å². The molecule has 5 rings (SSSR count). The predicted octanol–water partition coefficient (Wildman–Crippen LogP) is 3.42. The number of carbonyl (C=O) groups is 1. The van der Waals surface area contributed by atoms with Gasteiger partial charge in [0.05, 0.1) is 18.9 Å². The van der Waals surface area contributed by atoms with E-state index in [1.54, 1.807) is 16.2 Å². The molecule has 30 heavy (non-hydrogen) atoms. The fourth-order valence-electron chi connectivity index (χ4n) is 3.95. The number of rotatable bonds is 4. The van der Waals surface area contributed by atoms with E-state index in [1.165, 1.54) is 21.7 Å². The van der Waals surface area contributed by atoms with Crippen LogP contribution in [0.1, 0.15) is 40.9 Å². The minimum atomic E-state index is -0.227. The van der Waals surface area contributed by atoms with E-state index in [0.29, 0.717) is 32.2 Å². The first kappa shape index (κ1) is 19.5. The van der Waals surface area contributed by atoms with Gasteiger partial charge in [-0.2, -0.15) is 0 Å². The molecule has 0 atom stereocenters. The molecule has 2 aromatic heterocycles. The van der Waals surface area contributed by atoms with E-state index >= 15 is 0 Å². The summed E-state index contributed by atoms with van der Waals surface area (Å²) >= 11 is 1.78. The third-order valence-electron chi connectivity index (χ3n) is 5.85. The lowest BCUT2D eigenvalue weighted by Crippen LogP contribution is -2.51. The van der Waals surface area contributed by atoms with Gasteiger partial charge in [0, 0.05) is 61.1 Å². The van der Waals surface area contributed by atoms with Crippen molar-refractivity contribution in [2.24, 2.45) is 0 Å². The second kappa shape index (κ2) is 8.00. The number of fused-ring (bicyclic) bond motifs is 1. The molecule has 0 aromatic carbocycles. The maximum atomic E-state index is 12.3. The molecular formula is C22H26N4O3S. The smallest absolute Gasteiger partial charge is 0.410 e. The van der Waals surface area contributed by atoms with E-state index in [9.17, 15) is 4.79 Å². The molecule has 3 aliphatic rings. The van der Waals surface area contributed by atoms with Crippen LogP contribution in [0.2, 0.25) is 0 Å². The topological polar surface area (TPSA) is 67.8 Å². The SMILES string of the molecule is CC(C)c1cnc(C2=Cc3c(N4CCN(C(=O)OC5COC5)CC4)ccnc3C2)s1. The first-order valence-electron chi connectivity index (χ1n) is 10.5. The zero-order chi connectivity index (χ0) is 20.7. The van der Waals surface area contributed by atoms with Crippen LogP contribution in [0.4, 0.5) is 10.5 Å². The number of hydrogen-bond donors (Lipinski definition) is 0. The number of hydrogen-bond acceptors (Lipinski definition) is 7. The third-order valence-corrected chi connectivity index (χ3v) is 7.22. The number of ether oxygens (including phenoxy) is 2. The molecule has 0 bridgehead atoms. The molecule has 2 aliphatic heterocycles. The Labute approximate surface area is 180 Å². The zero-order valence-electron chi connectivity index (χ0n) is 17.3. The molecule has 1 amide bonds. The van der Waals surface area contributed by atoms with Gasteiger partial charge >= 0.3 is 6.09 Å². The van der Waals surface area contributed by atoms with E-state index in [4.69, 9.17) is 9.47 Å². The van der Waals surface area contributed by atoms with Crippen molar-refractivity contribution in [1.82, 2.24) is 14.9 Å². The Morgan fingerprint density at radius 3 is 2.70 bits per heavy atom. The Hall–Kier alpha value is -2.45. The average Bonchev–Trinajstić information content (AvgIpc) is 3.37. The van der Waals surface area contributed by atoms with E-state index < -0.39 is 0 Å². The summed E-state index contributed by atoms with van der Waals surface area (Å²) in [6.45, 7) is 8.31. The molecular weight excluding hydrogens is 400 g/mol. The lowest BCUT2D eigenvalue weighted by molar-refractivity contribution is -0.104. The Kier molecular flexibility index (Phi) is 5.20. The number of allylic oxidation sites excluding steroid dienone is 1. The molecule has 0 N–H and O–H groups in total. The normalized spacial score (nSPS) is 19.0. The number of carbonyl (C=O) groups excluding carboxylic acids is 1. The maximum absolute atomic E-state index is 12.3. The highest BCUT2D eigenvalue weighted by Crippen LogP contribution is 2.38. The standard InChI is InChI=1S/C22H26N4O3S/c1-14(2)20-11-24-21(30-20)15-9-17-18(10-15)23-4-3-19(17)25-5-7-26(8-6-25)22(27)29-16-12-28-13-16/h3-4,9,11,14,16H,5-8,10,12-13H2,1-2H3. The molecule has 158 valence electrons. The summed E-state index contributed by atoms with van der Waals surface area (Å²) in [6.07, 6.45) is 6.65. The second-order valence-electron chi connectivity index (χ2n) is 8.28. The van der Waals surface area contributed by atoms with Gasteiger partial charge in [-0.15, -0.1) is 11.3 Å². The van der Waals surface area contributed by atoms with Gasteiger partial charge in [0.25, 0.3) is 0 Å². The molecule has 2 saturated heterocycles. The number of thiazole rings is 1. The predicted molar refractivity (Wildman–Crippen MR) is 117 cm³/mol. The van der Waals surface area contributed by atoms with E-state index in [0.717, 1.165) is 30.2 Å². The summed E-state index contributed by atoms with van der Waals surface area (Å²) in [4.78, 5) is 27.0. The quantitative estimate of drug-likeness (QED) is 0.746. The molecule has 1 aliphatic carbocycles. The number of pyridine rings is 1. The van der Waals surface area contributed by atoms with E-state index in [-0.39, 0.29) is 12.2 Å². The number of piperazine rings is 1. The monoisotopic (exact) mass is 426 g/mol. The van der Waals surface area contributed by atoms with E-state index in [1.807, 2.05) is 12.4 Å². The van der Waals surface area contributed by atoms with Crippen molar-refractivity contribution >= 4 is 34.8 Å². The first-order chi connectivity index (χ1) is 14.6.